The van der Waals surface area contributed by atoms with Crippen LogP contribution < -0.4 is 5.32 Å². The van der Waals surface area contributed by atoms with Crippen LogP contribution in [0.25, 0.3) is 0 Å². The Morgan fingerprint density at radius 1 is 1.39 bits per heavy atom. The molecule has 0 aromatic heterocycles. The topological polar surface area (TPSA) is 15.3 Å². The molecule has 0 saturated carbocycles. The van der Waals surface area contributed by atoms with Crippen LogP contribution in [0.15, 0.2) is 28.7 Å². The molecule has 0 aliphatic carbocycles. The van der Waals surface area contributed by atoms with Crippen LogP contribution >= 0.6 is 15.9 Å². The van der Waals surface area contributed by atoms with E-state index in [1.807, 2.05) is 0 Å². The summed E-state index contributed by atoms with van der Waals surface area (Å²) < 4.78 is 1.13. The number of piperidine rings is 1. The standard InChI is InChI=1S/C15H23BrN2/c1-12-5-4-9-18(13(12)2)10-8-17-15-7-3-6-14(16)11-15/h3,6-7,11-13,17H,4-5,8-10H2,1-2H3. The number of benzene rings is 1. The molecule has 2 rings (SSSR count). The summed E-state index contributed by atoms with van der Waals surface area (Å²) >= 11 is 3.50. The lowest BCUT2D eigenvalue weighted by Gasteiger charge is -2.38. The minimum absolute atomic E-state index is 0.725. The molecule has 0 bridgehead atoms. The normalized spacial score (nSPS) is 25.1. The van der Waals surface area contributed by atoms with E-state index in [4.69, 9.17) is 0 Å². The number of rotatable bonds is 4. The third kappa shape index (κ3) is 3.72. The first-order chi connectivity index (χ1) is 8.66. The minimum Gasteiger partial charge on any atom is -0.384 e. The van der Waals surface area contributed by atoms with E-state index in [1.54, 1.807) is 0 Å². The average molecular weight is 311 g/mol. The van der Waals surface area contributed by atoms with Gasteiger partial charge < -0.3 is 5.32 Å². The average Bonchev–Trinajstić information content (AvgIpc) is 2.35. The second-order valence-electron chi connectivity index (χ2n) is 5.33. The fraction of sp³-hybridized carbons (Fsp3) is 0.600. The van der Waals surface area contributed by atoms with Crippen LogP contribution in [-0.4, -0.2) is 30.6 Å². The highest BCUT2D eigenvalue weighted by Crippen LogP contribution is 2.22. The third-order valence-corrected chi connectivity index (χ3v) is 4.55. The van der Waals surface area contributed by atoms with E-state index in [9.17, 15) is 0 Å². The van der Waals surface area contributed by atoms with Gasteiger partial charge in [0.25, 0.3) is 0 Å². The number of hydrogen-bond acceptors (Lipinski definition) is 2. The van der Waals surface area contributed by atoms with Crippen molar-refractivity contribution in [3.05, 3.63) is 28.7 Å². The number of halogens is 1. The molecule has 1 heterocycles. The summed E-state index contributed by atoms with van der Waals surface area (Å²) in [7, 11) is 0. The highest BCUT2D eigenvalue weighted by Gasteiger charge is 2.23. The van der Waals surface area contributed by atoms with E-state index in [0.717, 1.165) is 29.5 Å². The van der Waals surface area contributed by atoms with Crippen molar-refractivity contribution >= 4 is 21.6 Å². The molecular formula is C15H23BrN2. The highest BCUT2D eigenvalue weighted by molar-refractivity contribution is 9.10. The molecule has 2 nitrogen and oxygen atoms in total. The Bertz CT molecular complexity index is 381. The summed E-state index contributed by atoms with van der Waals surface area (Å²) in [6.45, 7) is 8.15. The Balaban J connectivity index is 1.78. The fourth-order valence-electron chi connectivity index (χ4n) is 2.68. The predicted molar refractivity (Wildman–Crippen MR) is 82.1 cm³/mol. The van der Waals surface area contributed by atoms with Gasteiger partial charge in [-0.1, -0.05) is 28.9 Å². The molecule has 1 fully saturated rings. The fourth-order valence-corrected chi connectivity index (χ4v) is 3.08. The van der Waals surface area contributed by atoms with Crippen LogP contribution in [-0.2, 0) is 0 Å². The molecule has 1 aromatic rings. The van der Waals surface area contributed by atoms with Crippen molar-refractivity contribution in [1.29, 1.82) is 0 Å². The smallest absolute Gasteiger partial charge is 0.0351 e. The quantitative estimate of drug-likeness (QED) is 0.905. The zero-order valence-corrected chi connectivity index (χ0v) is 12.9. The van der Waals surface area contributed by atoms with Crippen molar-refractivity contribution in [3.63, 3.8) is 0 Å². The van der Waals surface area contributed by atoms with Crippen LogP contribution in [0.5, 0.6) is 0 Å². The summed E-state index contributed by atoms with van der Waals surface area (Å²) in [5.74, 6) is 0.838. The number of hydrogen-bond donors (Lipinski definition) is 1. The van der Waals surface area contributed by atoms with Gasteiger partial charge in [0.05, 0.1) is 0 Å². The van der Waals surface area contributed by atoms with Gasteiger partial charge in [-0.05, 0) is 50.4 Å². The van der Waals surface area contributed by atoms with Gasteiger partial charge in [0, 0.05) is 29.3 Å². The SMILES string of the molecule is CC1CCCN(CCNc2cccc(Br)c2)C1C. The van der Waals surface area contributed by atoms with Gasteiger partial charge in [0.2, 0.25) is 0 Å². The van der Waals surface area contributed by atoms with Crippen LogP contribution in [0.2, 0.25) is 0 Å². The van der Waals surface area contributed by atoms with Crippen molar-refractivity contribution in [2.24, 2.45) is 5.92 Å². The van der Waals surface area contributed by atoms with Crippen molar-refractivity contribution < 1.29 is 0 Å². The third-order valence-electron chi connectivity index (χ3n) is 4.06. The van der Waals surface area contributed by atoms with Gasteiger partial charge in [-0.25, -0.2) is 0 Å². The van der Waals surface area contributed by atoms with Gasteiger partial charge in [0.1, 0.15) is 0 Å². The van der Waals surface area contributed by atoms with Gasteiger partial charge in [-0.2, -0.15) is 0 Å². The zero-order valence-electron chi connectivity index (χ0n) is 11.3. The van der Waals surface area contributed by atoms with Crippen molar-refractivity contribution in [3.8, 4) is 0 Å². The molecule has 1 aliphatic rings. The van der Waals surface area contributed by atoms with E-state index < -0.39 is 0 Å². The summed E-state index contributed by atoms with van der Waals surface area (Å²) in [6.07, 6.45) is 2.74. The maximum atomic E-state index is 3.50. The highest BCUT2D eigenvalue weighted by atomic mass is 79.9. The van der Waals surface area contributed by atoms with Crippen molar-refractivity contribution in [2.75, 3.05) is 25.0 Å². The van der Waals surface area contributed by atoms with E-state index in [1.165, 1.54) is 25.1 Å². The van der Waals surface area contributed by atoms with E-state index in [2.05, 4.69) is 64.3 Å². The predicted octanol–water partition coefficient (Wildman–Crippen LogP) is 3.98. The van der Waals surface area contributed by atoms with Crippen LogP contribution in [0.3, 0.4) is 0 Å². The molecule has 1 saturated heterocycles. The molecule has 1 aliphatic heterocycles. The Hall–Kier alpha value is -0.540. The molecule has 1 N–H and O–H groups in total. The Morgan fingerprint density at radius 2 is 2.22 bits per heavy atom. The van der Waals surface area contributed by atoms with Crippen LogP contribution in [0.1, 0.15) is 26.7 Å². The molecule has 0 amide bonds. The Kier molecular flexibility index (Phi) is 5.07. The lowest BCUT2D eigenvalue weighted by molar-refractivity contribution is 0.119. The van der Waals surface area contributed by atoms with Gasteiger partial charge in [-0.3, -0.25) is 4.90 Å². The van der Waals surface area contributed by atoms with Crippen molar-refractivity contribution in [1.82, 2.24) is 4.90 Å². The second-order valence-corrected chi connectivity index (χ2v) is 6.25. The Labute approximate surface area is 119 Å². The first kappa shape index (κ1) is 13.9. The van der Waals surface area contributed by atoms with E-state index in [0.29, 0.717) is 0 Å². The first-order valence-corrected chi connectivity index (χ1v) is 7.69. The number of anilines is 1. The summed E-state index contributed by atoms with van der Waals surface area (Å²) in [5, 5.41) is 3.50. The number of nitrogens with zero attached hydrogens (tertiary/aromatic N) is 1. The molecule has 18 heavy (non-hydrogen) atoms. The molecule has 1 aromatic carbocycles. The molecule has 0 spiro atoms. The number of likely N-dealkylation sites (tertiary alicyclic amines) is 1. The maximum Gasteiger partial charge on any atom is 0.0351 e. The Morgan fingerprint density at radius 3 is 3.00 bits per heavy atom. The van der Waals surface area contributed by atoms with E-state index in [-0.39, 0.29) is 0 Å². The number of nitrogens with one attached hydrogen (secondary N) is 1. The molecule has 3 heteroatoms. The monoisotopic (exact) mass is 310 g/mol. The van der Waals surface area contributed by atoms with Crippen molar-refractivity contribution in [2.45, 2.75) is 32.7 Å². The maximum absolute atomic E-state index is 3.50. The second kappa shape index (κ2) is 6.58. The summed E-state index contributed by atoms with van der Waals surface area (Å²) in [5.41, 5.74) is 1.20. The molecule has 2 atom stereocenters. The first-order valence-electron chi connectivity index (χ1n) is 6.90. The van der Waals surface area contributed by atoms with Gasteiger partial charge >= 0.3 is 0 Å². The summed E-state index contributed by atoms with van der Waals surface area (Å²) in [4.78, 5) is 2.61. The lowest BCUT2D eigenvalue weighted by atomic mass is 9.92. The van der Waals surface area contributed by atoms with Crippen LogP contribution in [0.4, 0.5) is 5.69 Å². The molecular weight excluding hydrogens is 288 g/mol. The molecule has 2 unspecified atom stereocenters. The van der Waals surface area contributed by atoms with E-state index >= 15 is 0 Å². The lowest BCUT2D eigenvalue weighted by Crippen LogP contribution is -2.44. The molecule has 0 radical (unpaired) electrons. The minimum atomic E-state index is 0.725. The molecule has 100 valence electrons. The zero-order chi connectivity index (χ0) is 13.0. The van der Waals surface area contributed by atoms with Gasteiger partial charge in [-0.15, -0.1) is 0 Å². The van der Waals surface area contributed by atoms with Gasteiger partial charge in [0.15, 0.2) is 0 Å². The van der Waals surface area contributed by atoms with Crippen LogP contribution in [0, 0.1) is 5.92 Å². The largest absolute Gasteiger partial charge is 0.384 e. The summed E-state index contributed by atoms with van der Waals surface area (Å²) in [6, 6.07) is 9.09.